The van der Waals surface area contributed by atoms with Gasteiger partial charge in [-0.3, -0.25) is 0 Å². The smallest absolute Gasteiger partial charge is 0.336 e. The van der Waals surface area contributed by atoms with E-state index < -0.39 is 5.97 Å². The van der Waals surface area contributed by atoms with Gasteiger partial charge >= 0.3 is 5.97 Å². The third kappa shape index (κ3) is 1.80. The lowest BCUT2D eigenvalue weighted by atomic mass is 10.0. The minimum atomic E-state index is -0.867. The molecule has 2 N–H and O–H groups in total. The number of hydrogen-bond donors (Lipinski definition) is 2. The maximum absolute atomic E-state index is 10.8. The molecule has 1 aromatic rings. The second-order valence-electron chi connectivity index (χ2n) is 2.74. The van der Waals surface area contributed by atoms with E-state index in [4.69, 9.17) is 5.11 Å². The number of carbonyl (C=O) groups is 1. The van der Waals surface area contributed by atoms with Gasteiger partial charge in [0.1, 0.15) is 0 Å². The largest absolute Gasteiger partial charge is 0.478 e. The zero-order chi connectivity index (χ0) is 9.84. The van der Waals surface area contributed by atoms with Crippen molar-refractivity contribution in [2.45, 2.75) is 13.3 Å². The van der Waals surface area contributed by atoms with E-state index in [1.807, 2.05) is 13.0 Å². The number of benzene rings is 1. The highest BCUT2D eigenvalue weighted by atomic mass is 16.4. The van der Waals surface area contributed by atoms with Crippen molar-refractivity contribution in [1.82, 2.24) is 0 Å². The van der Waals surface area contributed by atoms with Crippen molar-refractivity contribution in [1.29, 1.82) is 0 Å². The molecule has 0 atom stereocenters. The lowest BCUT2D eigenvalue weighted by Gasteiger charge is -2.09. The van der Waals surface area contributed by atoms with Crippen LogP contribution in [0.3, 0.4) is 0 Å². The van der Waals surface area contributed by atoms with Crippen molar-refractivity contribution in [2.75, 3.05) is 12.4 Å². The van der Waals surface area contributed by atoms with E-state index in [0.29, 0.717) is 5.56 Å². The predicted octanol–water partition coefficient (Wildman–Crippen LogP) is 1.99. The Bertz CT molecular complexity index is 321. The molecule has 0 radical (unpaired) electrons. The molecular formula is C10H13NO2. The summed E-state index contributed by atoms with van der Waals surface area (Å²) in [4.78, 5) is 10.8. The summed E-state index contributed by atoms with van der Waals surface area (Å²) in [7, 11) is 1.79. The summed E-state index contributed by atoms with van der Waals surface area (Å²) in [6.45, 7) is 1.95. The molecule has 0 amide bonds. The number of rotatable bonds is 3. The number of carboxylic acids is 1. The highest BCUT2D eigenvalue weighted by Gasteiger charge is 2.10. The van der Waals surface area contributed by atoms with Gasteiger partial charge in [-0.1, -0.05) is 13.0 Å². The van der Waals surface area contributed by atoms with Gasteiger partial charge in [0.25, 0.3) is 0 Å². The molecule has 13 heavy (non-hydrogen) atoms. The van der Waals surface area contributed by atoms with Crippen LogP contribution in [0.15, 0.2) is 18.2 Å². The Labute approximate surface area is 77.4 Å². The van der Waals surface area contributed by atoms with Crippen LogP contribution in [0.4, 0.5) is 5.69 Å². The van der Waals surface area contributed by atoms with Crippen LogP contribution >= 0.6 is 0 Å². The first-order valence-corrected chi connectivity index (χ1v) is 4.23. The minimum absolute atomic E-state index is 0.384. The van der Waals surface area contributed by atoms with Gasteiger partial charge in [-0.05, 0) is 24.1 Å². The molecule has 1 rings (SSSR count). The Morgan fingerprint density at radius 2 is 2.23 bits per heavy atom. The lowest BCUT2D eigenvalue weighted by Crippen LogP contribution is -2.04. The molecule has 0 aliphatic rings. The Hall–Kier alpha value is -1.51. The van der Waals surface area contributed by atoms with Crippen molar-refractivity contribution in [2.24, 2.45) is 0 Å². The van der Waals surface area contributed by atoms with Crippen LogP contribution in [-0.4, -0.2) is 18.1 Å². The second kappa shape index (κ2) is 3.94. The first-order valence-electron chi connectivity index (χ1n) is 4.23. The topological polar surface area (TPSA) is 49.3 Å². The zero-order valence-corrected chi connectivity index (χ0v) is 7.79. The molecule has 0 bridgehead atoms. The van der Waals surface area contributed by atoms with Crippen molar-refractivity contribution in [3.63, 3.8) is 0 Å². The third-order valence-electron chi connectivity index (χ3n) is 2.03. The van der Waals surface area contributed by atoms with Crippen LogP contribution in [0.5, 0.6) is 0 Å². The molecule has 0 saturated heterocycles. The van der Waals surface area contributed by atoms with Gasteiger partial charge in [0, 0.05) is 12.7 Å². The van der Waals surface area contributed by atoms with E-state index >= 15 is 0 Å². The van der Waals surface area contributed by atoms with Gasteiger partial charge in [-0.25, -0.2) is 4.79 Å². The molecular weight excluding hydrogens is 166 g/mol. The molecule has 0 fully saturated rings. The highest BCUT2D eigenvalue weighted by molar-refractivity contribution is 5.91. The molecule has 0 aliphatic carbocycles. The number of aromatic carboxylic acids is 1. The Morgan fingerprint density at radius 1 is 1.54 bits per heavy atom. The summed E-state index contributed by atoms with van der Waals surface area (Å²) in [5.74, 6) is -0.867. The summed E-state index contributed by atoms with van der Waals surface area (Å²) in [5, 5.41) is 11.9. The van der Waals surface area contributed by atoms with E-state index in [1.165, 1.54) is 0 Å². The van der Waals surface area contributed by atoms with Gasteiger partial charge in [0.05, 0.1) is 5.56 Å². The highest BCUT2D eigenvalue weighted by Crippen LogP contribution is 2.19. The quantitative estimate of drug-likeness (QED) is 0.746. The normalized spacial score (nSPS) is 9.69. The van der Waals surface area contributed by atoms with Crippen LogP contribution in [-0.2, 0) is 6.42 Å². The summed E-state index contributed by atoms with van der Waals surface area (Å²) in [6, 6.07) is 5.25. The number of carboxylic acid groups (broad SMARTS) is 1. The fourth-order valence-electron chi connectivity index (χ4n) is 1.40. The summed E-state index contributed by atoms with van der Waals surface area (Å²) in [6.07, 6.45) is 0.721. The van der Waals surface area contributed by atoms with Gasteiger partial charge < -0.3 is 10.4 Å². The van der Waals surface area contributed by atoms with Crippen LogP contribution in [0.2, 0.25) is 0 Å². The second-order valence-corrected chi connectivity index (χ2v) is 2.74. The maximum atomic E-state index is 10.8. The molecule has 70 valence electrons. The fourth-order valence-corrected chi connectivity index (χ4v) is 1.40. The summed E-state index contributed by atoms with van der Waals surface area (Å²) < 4.78 is 0. The molecule has 0 saturated carbocycles. The van der Waals surface area contributed by atoms with Crippen LogP contribution < -0.4 is 5.32 Å². The average Bonchev–Trinajstić information content (AvgIpc) is 2.16. The molecule has 3 heteroatoms. The first kappa shape index (κ1) is 9.58. The number of anilines is 1. The first-order chi connectivity index (χ1) is 6.20. The Balaban J connectivity index is 3.27. The Morgan fingerprint density at radius 3 is 2.69 bits per heavy atom. The zero-order valence-electron chi connectivity index (χ0n) is 7.79. The minimum Gasteiger partial charge on any atom is -0.478 e. The van der Waals surface area contributed by atoms with Gasteiger partial charge in [0.15, 0.2) is 0 Å². The molecule has 0 unspecified atom stereocenters. The molecule has 0 aliphatic heterocycles. The molecule has 3 nitrogen and oxygen atoms in total. The van der Waals surface area contributed by atoms with Crippen molar-refractivity contribution < 1.29 is 9.90 Å². The monoisotopic (exact) mass is 179 g/mol. The molecule has 0 spiro atoms. The van der Waals surface area contributed by atoms with Crippen LogP contribution in [0.1, 0.15) is 22.8 Å². The summed E-state index contributed by atoms with van der Waals surface area (Å²) in [5.41, 5.74) is 2.13. The van der Waals surface area contributed by atoms with Gasteiger partial charge in [-0.2, -0.15) is 0 Å². The number of hydrogen-bond acceptors (Lipinski definition) is 2. The molecule has 0 heterocycles. The fraction of sp³-hybridized carbons (Fsp3) is 0.300. The standard InChI is InChI=1S/C10H13NO2/c1-3-7-8(10(12)13)5-4-6-9(7)11-2/h4-6,11H,3H2,1-2H3,(H,12,13). The van der Waals surface area contributed by atoms with E-state index in [1.54, 1.807) is 19.2 Å². The van der Waals surface area contributed by atoms with E-state index in [2.05, 4.69) is 5.32 Å². The SMILES string of the molecule is CCc1c(NC)cccc1C(=O)O. The van der Waals surface area contributed by atoms with Crippen LogP contribution in [0, 0.1) is 0 Å². The molecule has 1 aromatic carbocycles. The van der Waals surface area contributed by atoms with Crippen LogP contribution in [0.25, 0.3) is 0 Å². The van der Waals surface area contributed by atoms with E-state index in [-0.39, 0.29) is 0 Å². The van der Waals surface area contributed by atoms with Gasteiger partial charge in [-0.15, -0.1) is 0 Å². The van der Waals surface area contributed by atoms with Crippen molar-refractivity contribution in [3.8, 4) is 0 Å². The third-order valence-corrected chi connectivity index (χ3v) is 2.03. The van der Waals surface area contributed by atoms with Crippen molar-refractivity contribution in [3.05, 3.63) is 29.3 Å². The predicted molar refractivity (Wildman–Crippen MR) is 52.3 cm³/mol. The van der Waals surface area contributed by atoms with E-state index in [0.717, 1.165) is 17.7 Å². The lowest BCUT2D eigenvalue weighted by molar-refractivity contribution is 0.0696. The Kier molecular flexibility index (Phi) is 2.90. The maximum Gasteiger partial charge on any atom is 0.336 e. The number of nitrogens with one attached hydrogen (secondary N) is 1. The van der Waals surface area contributed by atoms with E-state index in [9.17, 15) is 4.79 Å². The molecule has 0 aromatic heterocycles. The average molecular weight is 179 g/mol. The van der Waals surface area contributed by atoms with Gasteiger partial charge in [0.2, 0.25) is 0 Å². The summed E-state index contributed by atoms with van der Waals surface area (Å²) >= 11 is 0. The van der Waals surface area contributed by atoms with Crippen molar-refractivity contribution >= 4 is 11.7 Å².